The van der Waals surface area contributed by atoms with Gasteiger partial charge in [-0.1, -0.05) is 51.0 Å². The number of anilines is 1. The molecule has 28 heavy (non-hydrogen) atoms. The molecule has 1 spiro atoms. The molecule has 0 aromatic heterocycles. The lowest BCUT2D eigenvalue weighted by atomic mass is 9.81. The highest BCUT2D eigenvalue weighted by molar-refractivity contribution is 8.18. The summed E-state index contributed by atoms with van der Waals surface area (Å²) in [6.07, 6.45) is 14.5. The maximum atomic E-state index is 4.09. The van der Waals surface area contributed by atoms with Gasteiger partial charge >= 0.3 is 0 Å². The van der Waals surface area contributed by atoms with Crippen LogP contribution in [0.4, 0.5) is 5.69 Å². The number of hydrogen-bond donors (Lipinski definition) is 1. The van der Waals surface area contributed by atoms with Crippen molar-refractivity contribution in [3.8, 4) is 0 Å². The van der Waals surface area contributed by atoms with Crippen molar-refractivity contribution in [2.24, 2.45) is 11.8 Å². The molecule has 2 aliphatic carbocycles. The highest BCUT2D eigenvalue weighted by atomic mass is 32.2. The van der Waals surface area contributed by atoms with Crippen molar-refractivity contribution in [2.75, 3.05) is 16.8 Å². The lowest BCUT2D eigenvalue weighted by molar-refractivity contribution is 0.457. The van der Waals surface area contributed by atoms with E-state index >= 15 is 0 Å². The summed E-state index contributed by atoms with van der Waals surface area (Å²) >= 11 is 4.59. The van der Waals surface area contributed by atoms with Crippen LogP contribution in [0.2, 0.25) is 0 Å². The number of thioether (sulfide) groups is 2. The Kier molecular flexibility index (Phi) is 6.72. The van der Waals surface area contributed by atoms with Crippen molar-refractivity contribution >= 4 is 29.2 Å². The standard InChI is InChI=1S/C25H37NS2/c1-3-5-11-22(10-4-2)24(26-23-12-7-6-8-13-23)16-20-18-25(19-21(20)17-24)27-14-9-15-28-25/h6-8,11-13,20-21,26H,3-5,9-10,14-19H2,1-2H3/b22-11+/t20-,21-/m1/s1. The summed E-state index contributed by atoms with van der Waals surface area (Å²) in [7, 11) is 0. The number of benzene rings is 1. The van der Waals surface area contributed by atoms with E-state index in [0.29, 0.717) is 4.08 Å². The van der Waals surface area contributed by atoms with Gasteiger partial charge in [-0.25, -0.2) is 0 Å². The SMILES string of the molecule is CCC/C=C(\CCC)C1(Nc2ccccc2)C[C@@H]2CC3(C[C@H]2C1)SCCCS3. The molecule has 1 saturated heterocycles. The van der Waals surface area contributed by atoms with Gasteiger partial charge in [-0.05, 0) is 86.0 Å². The quantitative estimate of drug-likeness (QED) is 0.457. The van der Waals surface area contributed by atoms with Crippen LogP contribution in [0.1, 0.15) is 71.6 Å². The first kappa shape index (κ1) is 20.7. The van der Waals surface area contributed by atoms with Crippen LogP contribution in [0.15, 0.2) is 42.0 Å². The monoisotopic (exact) mass is 415 g/mol. The zero-order chi connectivity index (χ0) is 19.5. The Morgan fingerprint density at radius 3 is 2.29 bits per heavy atom. The molecule has 0 amide bonds. The molecule has 1 aliphatic heterocycles. The van der Waals surface area contributed by atoms with Crippen molar-refractivity contribution < 1.29 is 0 Å². The average molecular weight is 416 g/mol. The minimum Gasteiger partial charge on any atom is -0.376 e. The molecule has 0 bridgehead atoms. The molecule has 3 heteroatoms. The number of para-hydroxylation sites is 1. The molecule has 2 atom stereocenters. The van der Waals surface area contributed by atoms with E-state index in [1.165, 1.54) is 75.0 Å². The predicted molar refractivity (Wildman–Crippen MR) is 128 cm³/mol. The number of fused-ring (bicyclic) bond motifs is 1. The van der Waals surface area contributed by atoms with Gasteiger partial charge in [-0.3, -0.25) is 0 Å². The summed E-state index contributed by atoms with van der Waals surface area (Å²) in [5.41, 5.74) is 3.19. The minimum absolute atomic E-state index is 0.188. The van der Waals surface area contributed by atoms with E-state index < -0.39 is 0 Å². The van der Waals surface area contributed by atoms with Gasteiger partial charge in [0.05, 0.1) is 9.62 Å². The van der Waals surface area contributed by atoms with Gasteiger partial charge in [-0.15, -0.1) is 23.5 Å². The van der Waals surface area contributed by atoms with E-state index in [-0.39, 0.29) is 5.54 Å². The van der Waals surface area contributed by atoms with E-state index in [1.54, 1.807) is 5.57 Å². The van der Waals surface area contributed by atoms with E-state index in [1.807, 2.05) is 0 Å². The molecule has 1 aromatic carbocycles. The van der Waals surface area contributed by atoms with Crippen LogP contribution in [-0.2, 0) is 0 Å². The van der Waals surface area contributed by atoms with Crippen LogP contribution in [0.25, 0.3) is 0 Å². The van der Waals surface area contributed by atoms with E-state index in [4.69, 9.17) is 0 Å². The van der Waals surface area contributed by atoms with Crippen LogP contribution in [0.3, 0.4) is 0 Å². The third-order valence-corrected chi connectivity index (χ3v) is 10.4. The summed E-state index contributed by atoms with van der Waals surface area (Å²) in [6, 6.07) is 11.0. The molecule has 2 saturated carbocycles. The highest BCUT2D eigenvalue weighted by Crippen LogP contribution is 2.63. The second-order valence-electron chi connectivity index (χ2n) is 9.14. The molecule has 1 aromatic rings. The Labute approximate surface area is 180 Å². The van der Waals surface area contributed by atoms with Gasteiger partial charge in [0.15, 0.2) is 0 Å². The fraction of sp³-hybridized carbons (Fsp3) is 0.680. The Balaban J connectivity index is 1.58. The maximum absolute atomic E-state index is 4.09. The molecule has 3 aliphatic rings. The summed E-state index contributed by atoms with van der Waals surface area (Å²) in [4.78, 5) is 0. The number of unbranched alkanes of at least 4 members (excludes halogenated alkanes) is 1. The number of nitrogens with one attached hydrogen (secondary N) is 1. The highest BCUT2D eigenvalue weighted by Gasteiger charge is 2.56. The van der Waals surface area contributed by atoms with Crippen LogP contribution in [0, 0.1) is 11.8 Å². The molecule has 0 unspecified atom stereocenters. The molecule has 0 radical (unpaired) electrons. The Morgan fingerprint density at radius 1 is 1.00 bits per heavy atom. The van der Waals surface area contributed by atoms with Gasteiger partial charge in [0.2, 0.25) is 0 Å². The van der Waals surface area contributed by atoms with Crippen LogP contribution >= 0.6 is 23.5 Å². The van der Waals surface area contributed by atoms with Crippen LogP contribution in [-0.4, -0.2) is 21.1 Å². The molecular formula is C25H37NS2. The zero-order valence-corrected chi connectivity index (χ0v) is 19.3. The first-order chi connectivity index (χ1) is 13.7. The summed E-state index contributed by atoms with van der Waals surface area (Å²) in [5.74, 6) is 4.57. The molecule has 1 heterocycles. The number of allylic oxidation sites excluding steroid dienone is 1. The molecule has 154 valence electrons. The van der Waals surface area contributed by atoms with Crippen molar-refractivity contribution in [1.29, 1.82) is 0 Å². The lowest BCUT2D eigenvalue weighted by Gasteiger charge is -2.39. The Morgan fingerprint density at radius 2 is 1.68 bits per heavy atom. The van der Waals surface area contributed by atoms with Crippen molar-refractivity contribution in [2.45, 2.75) is 81.3 Å². The fourth-order valence-electron chi connectivity index (χ4n) is 5.89. The molecular weight excluding hydrogens is 378 g/mol. The minimum atomic E-state index is 0.188. The summed E-state index contributed by atoms with van der Waals surface area (Å²) < 4.78 is 0.560. The predicted octanol–water partition coefficient (Wildman–Crippen LogP) is 7.75. The first-order valence-electron chi connectivity index (χ1n) is 11.5. The summed E-state index contributed by atoms with van der Waals surface area (Å²) in [6.45, 7) is 4.65. The molecule has 1 N–H and O–H groups in total. The fourth-order valence-corrected chi connectivity index (χ4v) is 9.56. The van der Waals surface area contributed by atoms with Gasteiger partial charge < -0.3 is 5.32 Å². The third-order valence-electron chi connectivity index (χ3n) is 7.02. The van der Waals surface area contributed by atoms with E-state index in [2.05, 4.69) is 79.1 Å². The van der Waals surface area contributed by atoms with Crippen molar-refractivity contribution in [1.82, 2.24) is 0 Å². The van der Waals surface area contributed by atoms with Gasteiger partial charge in [-0.2, -0.15) is 0 Å². The molecule has 4 rings (SSSR count). The second kappa shape index (κ2) is 9.08. The molecule has 1 nitrogen and oxygen atoms in total. The normalized spacial score (nSPS) is 28.4. The Hall–Kier alpha value is -0.540. The second-order valence-corrected chi connectivity index (χ2v) is 12.4. The zero-order valence-electron chi connectivity index (χ0n) is 17.7. The van der Waals surface area contributed by atoms with E-state index in [0.717, 1.165) is 11.8 Å². The third kappa shape index (κ3) is 4.31. The van der Waals surface area contributed by atoms with Gasteiger partial charge in [0.1, 0.15) is 0 Å². The van der Waals surface area contributed by atoms with Crippen LogP contribution < -0.4 is 5.32 Å². The maximum Gasteiger partial charge on any atom is 0.0616 e. The largest absolute Gasteiger partial charge is 0.376 e. The van der Waals surface area contributed by atoms with Crippen molar-refractivity contribution in [3.05, 3.63) is 42.0 Å². The Bertz CT molecular complexity index is 646. The first-order valence-corrected chi connectivity index (χ1v) is 13.5. The van der Waals surface area contributed by atoms with Crippen LogP contribution in [0.5, 0.6) is 0 Å². The van der Waals surface area contributed by atoms with Gasteiger partial charge in [0.25, 0.3) is 0 Å². The summed E-state index contributed by atoms with van der Waals surface area (Å²) in [5, 5.41) is 4.09. The number of rotatable bonds is 7. The molecule has 3 fully saturated rings. The van der Waals surface area contributed by atoms with Gasteiger partial charge in [0, 0.05) is 5.69 Å². The number of hydrogen-bond acceptors (Lipinski definition) is 3. The average Bonchev–Trinajstić information content (AvgIpc) is 3.19. The smallest absolute Gasteiger partial charge is 0.0616 e. The lowest BCUT2D eigenvalue weighted by Crippen LogP contribution is -2.39. The van der Waals surface area contributed by atoms with E-state index in [9.17, 15) is 0 Å². The van der Waals surface area contributed by atoms with Crippen molar-refractivity contribution in [3.63, 3.8) is 0 Å². The topological polar surface area (TPSA) is 12.0 Å².